The Hall–Kier alpha value is -4.08. The minimum atomic E-state index is -0.413. The van der Waals surface area contributed by atoms with E-state index in [1.165, 1.54) is 12.1 Å². The number of nitro groups is 1. The Morgan fingerprint density at radius 2 is 1.76 bits per heavy atom. The van der Waals surface area contributed by atoms with Gasteiger partial charge in [0.05, 0.1) is 18.0 Å². The highest BCUT2D eigenvalue weighted by atomic mass is 16.6. The van der Waals surface area contributed by atoms with Crippen LogP contribution in [-0.2, 0) is 17.9 Å². The number of nitrogens with zero attached hydrogens (tertiary/aromatic N) is 5. The Kier molecular flexibility index (Phi) is 8.27. The van der Waals surface area contributed by atoms with E-state index in [4.69, 9.17) is 4.42 Å². The monoisotopic (exact) mass is 507 g/mol. The number of benzene rings is 1. The number of hydrogen-bond donors (Lipinski definition) is 0. The molecule has 10 nitrogen and oxygen atoms in total. The maximum Gasteiger partial charge on any atom is 0.289 e. The number of amides is 2. The van der Waals surface area contributed by atoms with Crippen LogP contribution in [0.2, 0.25) is 0 Å². The molecule has 0 saturated carbocycles. The van der Waals surface area contributed by atoms with Gasteiger partial charge >= 0.3 is 0 Å². The van der Waals surface area contributed by atoms with Gasteiger partial charge in [0, 0.05) is 68.9 Å². The molecular weight excluding hydrogens is 474 g/mol. The molecule has 0 radical (unpaired) electrons. The van der Waals surface area contributed by atoms with E-state index >= 15 is 0 Å². The number of carbonyl (C=O) groups excluding carboxylic acids is 2. The first-order chi connectivity index (χ1) is 17.9. The second-order valence-corrected chi connectivity index (χ2v) is 9.11. The van der Waals surface area contributed by atoms with Crippen LogP contribution in [-0.4, -0.2) is 63.8 Å². The summed E-state index contributed by atoms with van der Waals surface area (Å²) >= 11 is 0. The third-order valence-corrected chi connectivity index (χ3v) is 6.62. The second-order valence-electron chi connectivity index (χ2n) is 9.11. The number of carbonyl (C=O) groups is 2. The highest BCUT2D eigenvalue weighted by Gasteiger charge is 2.25. The Morgan fingerprint density at radius 3 is 2.41 bits per heavy atom. The molecule has 0 aliphatic carbocycles. The quantitative estimate of drug-likeness (QED) is 0.302. The van der Waals surface area contributed by atoms with Crippen molar-refractivity contribution in [2.45, 2.75) is 39.8 Å². The number of rotatable bonds is 10. The Labute approximate surface area is 216 Å². The fourth-order valence-corrected chi connectivity index (χ4v) is 4.58. The first-order valence-corrected chi connectivity index (χ1v) is 12.7. The highest BCUT2D eigenvalue weighted by Crippen LogP contribution is 2.22. The van der Waals surface area contributed by atoms with E-state index in [9.17, 15) is 19.7 Å². The Bertz CT molecular complexity index is 1220. The lowest BCUT2D eigenvalue weighted by atomic mass is 10.2. The Morgan fingerprint density at radius 1 is 1.03 bits per heavy atom. The first-order valence-electron chi connectivity index (χ1n) is 12.7. The molecule has 3 aromatic rings. The maximum atomic E-state index is 13.1. The molecule has 0 bridgehead atoms. The molecule has 1 fully saturated rings. The molecule has 2 amide bonds. The summed E-state index contributed by atoms with van der Waals surface area (Å²) in [7, 11) is 0. The van der Waals surface area contributed by atoms with E-state index in [1.807, 2.05) is 40.8 Å². The van der Waals surface area contributed by atoms with Crippen LogP contribution in [0, 0.1) is 10.1 Å². The third-order valence-electron chi connectivity index (χ3n) is 6.62. The molecule has 1 saturated heterocycles. The van der Waals surface area contributed by atoms with Gasteiger partial charge in [0.2, 0.25) is 5.91 Å². The summed E-state index contributed by atoms with van der Waals surface area (Å²) in [5.41, 5.74) is 1.98. The molecule has 1 aliphatic heterocycles. The van der Waals surface area contributed by atoms with Gasteiger partial charge in [0.1, 0.15) is 5.76 Å². The van der Waals surface area contributed by atoms with Gasteiger partial charge in [0.15, 0.2) is 5.76 Å². The summed E-state index contributed by atoms with van der Waals surface area (Å²) in [6.45, 7) is 8.01. The van der Waals surface area contributed by atoms with Gasteiger partial charge in [-0.05, 0) is 42.8 Å². The molecule has 0 atom stereocenters. The molecule has 4 rings (SSSR count). The molecule has 1 aliphatic rings. The number of aromatic nitrogens is 1. The van der Waals surface area contributed by atoms with Crippen LogP contribution in [0.5, 0.6) is 0 Å². The van der Waals surface area contributed by atoms with Gasteiger partial charge in [-0.3, -0.25) is 19.7 Å². The van der Waals surface area contributed by atoms with Crippen LogP contribution < -0.4 is 4.90 Å². The molecule has 10 heteroatoms. The molecule has 0 spiro atoms. The number of nitro benzene ring substituents is 1. The van der Waals surface area contributed by atoms with E-state index in [-0.39, 0.29) is 17.5 Å². The van der Waals surface area contributed by atoms with Gasteiger partial charge in [0.25, 0.3) is 11.6 Å². The van der Waals surface area contributed by atoms with Crippen molar-refractivity contribution < 1.29 is 18.9 Å². The first kappa shape index (κ1) is 26.0. The van der Waals surface area contributed by atoms with E-state index in [2.05, 4.69) is 11.8 Å². The van der Waals surface area contributed by atoms with Crippen LogP contribution in [0.25, 0.3) is 0 Å². The lowest BCUT2D eigenvalue weighted by Crippen LogP contribution is -2.48. The van der Waals surface area contributed by atoms with E-state index in [0.29, 0.717) is 63.8 Å². The van der Waals surface area contributed by atoms with E-state index in [0.717, 1.165) is 17.8 Å². The second kappa shape index (κ2) is 11.8. The number of hydrogen-bond acceptors (Lipinski definition) is 6. The molecule has 2 aromatic heterocycles. The number of anilines is 1. The topological polar surface area (TPSA) is 105 Å². The lowest BCUT2D eigenvalue weighted by molar-refractivity contribution is -0.384. The predicted octanol–water partition coefficient (Wildman–Crippen LogP) is 4.15. The minimum Gasteiger partial charge on any atom is -0.454 e. The van der Waals surface area contributed by atoms with Crippen molar-refractivity contribution in [2.24, 2.45) is 0 Å². The summed E-state index contributed by atoms with van der Waals surface area (Å²) in [5.74, 6) is 0.967. The SMILES string of the molecule is CCCN(Cc1cccn1Cc1ccc(C(=O)N2CCN(c3ccc([N+](=O)[O-])cc3)CC2)o1)C(=O)CC. The molecule has 0 N–H and O–H groups in total. The molecule has 0 unspecified atom stereocenters. The average Bonchev–Trinajstić information content (AvgIpc) is 3.57. The largest absolute Gasteiger partial charge is 0.454 e. The van der Waals surface area contributed by atoms with Gasteiger partial charge in [-0.15, -0.1) is 0 Å². The number of piperazine rings is 1. The molecular formula is C27H33N5O5. The van der Waals surface area contributed by atoms with Crippen LogP contribution >= 0.6 is 0 Å². The van der Waals surface area contributed by atoms with Crippen molar-refractivity contribution in [1.82, 2.24) is 14.4 Å². The van der Waals surface area contributed by atoms with Crippen molar-refractivity contribution in [1.29, 1.82) is 0 Å². The molecule has 196 valence electrons. The van der Waals surface area contributed by atoms with Crippen molar-refractivity contribution in [2.75, 3.05) is 37.6 Å². The zero-order valence-electron chi connectivity index (χ0n) is 21.3. The predicted molar refractivity (Wildman–Crippen MR) is 139 cm³/mol. The van der Waals surface area contributed by atoms with Gasteiger partial charge < -0.3 is 23.7 Å². The number of non-ortho nitro benzene ring substituents is 1. The summed E-state index contributed by atoms with van der Waals surface area (Å²) < 4.78 is 7.97. The van der Waals surface area contributed by atoms with Crippen LogP contribution in [0.3, 0.4) is 0 Å². The van der Waals surface area contributed by atoms with Crippen molar-refractivity contribution in [3.63, 3.8) is 0 Å². The maximum absolute atomic E-state index is 13.1. The molecule has 1 aromatic carbocycles. The fourth-order valence-electron chi connectivity index (χ4n) is 4.58. The summed E-state index contributed by atoms with van der Waals surface area (Å²) in [4.78, 5) is 41.6. The van der Waals surface area contributed by atoms with Crippen molar-refractivity contribution in [3.8, 4) is 0 Å². The van der Waals surface area contributed by atoms with E-state index < -0.39 is 4.92 Å². The van der Waals surface area contributed by atoms with Gasteiger partial charge in [-0.1, -0.05) is 13.8 Å². The van der Waals surface area contributed by atoms with Crippen molar-refractivity contribution in [3.05, 3.63) is 82.1 Å². The highest BCUT2D eigenvalue weighted by molar-refractivity contribution is 5.91. The number of furan rings is 1. The minimum absolute atomic E-state index is 0.0611. The molecule has 37 heavy (non-hydrogen) atoms. The Balaban J connectivity index is 1.34. The van der Waals surface area contributed by atoms with Crippen LogP contribution in [0.4, 0.5) is 11.4 Å². The van der Waals surface area contributed by atoms with Crippen molar-refractivity contribution >= 4 is 23.2 Å². The summed E-state index contributed by atoms with van der Waals surface area (Å²) in [6.07, 6.45) is 3.34. The average molecular weight is 508 g/mol. The summed E-state index contributed by atoms with van der Waals surface area (Å²) in [6, 6.07) is 14.0. The normalized spacial score (nSPS) is 13.6. The lowest BCUT2D eigenvalue weighted by Gasteiger charge is -2.35. The smallest absolute Gasteiger partial charge is 0.289 e. The zero-order valence-corrected chi connectivity index (χ0v) is 21.3. The standard InChI is InChI=1S/C27H33N5O5/c1-3-13-31(26(33)4-2)19-23-6-5-14-30(23)20-24-11-12-25(37-24)27(34)29-17-15-28(16-18-29)21-7-9-22(10-8-21)32(35)36/h5-12,14H,3-4,13,15-20H2,1-2H3. The van der Waals surface area contributed by atoms with Crippen LogP contribution in [0.15, 0.2) is 59.1 Å². The zero-order chi connectivity index (χ0) is 26.4. The fraction of sp³-hybridized carbons (Fsp3) is 0.407. The van der Waals surface area contributed by atoms with Gasteiger partial charge in [-0.25, -0.2) is 0 Å². The third kappa shape index (κ3) is 6.19. The van der Waals surface area contributed by atoms with Crippen LogP contribution in [0.1, 0.15) is 48.7 Å². The van der Waals surface area contributed by atoms with E-state index in [1.54, 1.807) is 23.1 Å². The van der Waals surface area contributed by atoms with Gasteiger partial charge in [-0.2, -0.15) is 0 Å². The summed E-state index contributed by atoms with van der Waals surface area (Å²) in [5, 5.41) is 10.9. The molecule has 3 heterocycles.